The molecule has 2 unspecified atom stereocenters. The Balaban J connectivity index is 1.15. The average Bonchev–Trinajstić information content (AvgIpc) is 3.42. The summed E-state index contributed by atoms with van der Waals surface area (Å²) in [5.74, 6) is 0.392. The number of hydrogen-bond acceptors (Lipinski definition) is 6. The fourth-order valence-corrected chi connectivity index (χ4v) is 5.61. The molecule has 8 nitrogen and oxygen atoms in total. The van der Waals surface area contributed by atoms with Crippen molar-refractivity contribution in [2.24, 2.45) is 0 Å². The third-order valence-corrected chi connectivity index (χ3v) is 7.76. The summed E-state index contributed by atoms with van der Waals surface area (Å²) in [4.78, 5) is 29.2. The van der Waals surface area contributed by atoms with Crippen LogP contribution in [0.1, 0.15) is 33.3 Å². The standard InChI is InChI=1S/C30H26N4O4S/c35-28(32-26-14-15-37-18-24(26)29-33-34-30(36)39-29)20-10-12-22(13-11-20)38-17-21-16-27(19-6-2-1-3-7-19)31-25-9-5-4-8-23(21)25/h1-13,16,24,26H,14-15,17-18H2,(H,32,35)(H,34,36)/p+1. The number of amides is 1. The highest BCUT2D eigenvalue weighted by Crippen LogP contribution is 2.27. The monoisotopic (exact) mass is 539 g/mol. The van der Waals surface area contributed by atoms with Crippen molar-refractivity contribution in [2.75, 3.05) is 13.2 Å². The van der Waals surface area contributed by atoms with Gasteiger partial charge in [-0.2, -0.15) is 5.10 Å². The van der Waals surface area contributed by atoms with E-state index < -0.39 is 0 Å². The van der Waals surface area contributed by atoms with E-state index in [-0.39, 0.29) is 22.7 Å². The Morgan fingerprint density at radius 1 is 1.05 bits per heavy atom. The summed E-state index contributed by atoms with van der Waals surface area (Å²) in [6.07, 6.45) is 0.705. The largest absolute Gasteiger partial charge is 0.489 e. The van der Waals surface area contributed by atoms with E-state index in [2.05, 4.69) is 32.4 Å². The van der Waals surface area contributed by atoms with Crippen LogP contribution in [0.15, 0.2) is 89.7 Å². The first-order valence-electron chi connectivity index (χ1n) is 12.8. The van der Waals surface area contributed by atoms with E-state index in [0.29, 0.717) is 42.6 Å². The first-order chi connectivity index (χ1) is 19.1. The molecule has 1 amide bonds. The van der Waals surface area contributed by atoms with Crippen LogP contribution < -0.4 is 14.9 Å². The highest BCUT2D eigenvalue weighted by molar-refractivity contribution is 7.08. The molecule has 1 aliphatic heterocycles. The van der Waals surface area contributed by atoms with Gasteiger partial charge in [0, 0.05) is 28.5 Å². The van der Waals surface area contributed by atoms with E-state index in [1.54, 1.807) is 12.1 Å². The quantitative estimate of drug-likeness (QED) is 0.297. The molecular formula is C30H27N4O4S+. The SMILES string of the molecule is O=C(NC1CC[OH+]CC1c1n[nH]c(=O)s1)c1ccc(OCc2cc(-c3ccccc3)nc3ccccc23)cc1. The molecule has 39 heavy (non-hydrogen) atoms. The highest BCUT2D eigenvalue weighted by atomic mass is 32.1. The molecule has 0 saturated carbocycles. The zero-order chi connectivity index (χ0) is 26.6. The van der Waals surface area contributed by atoms with Gasteiger partial charge >= 0.3 is 4.87 Å². The highest BCUT2D eigenvalue weighted by Gasteiger charge is 2.34. The number of nitrogens with one attached hydrogen (secondary N) is 2. The molecule has 1 fully saturated rings. The minimum Gasteiger partial charge on any atom is -0.489 e. The van der Waals surface area contributed by atoms with E-state index >= 15 is 0 Å². The summed E-state index contributed by atoms with van der Waals surface area (Å²) in [6.45, 7) is 1.58. The Hall–Kier alpha value is -4.34. The van der Waals surface area contributed by atoms with Gasteiger partial charge in [0.05, 0.1) is 17.3 Å². The predicted octanol–water partition coefficient (Wildman–Crippen LogP) is 4.44. The van der Waals surface area contributed by atoms with Crippen LogP contribution in [0, 0.1) is 0 Å². The number of rotatable bonds is 7. The minimum atomic E-state index is -0.202. The van der Waals surface area contributed by atoms with Crippen LogP contribution in [0.5, 0.6) is 5.75 Å². The van der Waals surface area contributed by atoms with Crippen molar-refractivity contribution in [2.45, 2.75) is 25.0 Å². The van der Waals surface area contributed by atoms with E-state index in [9.17, 15) is 9.59 Å². The Morgan fingerprint density at radius 3 is 2.64 bits per heavy atom. The Bertz CT molecular complexity index is 1650. The van der Waals surface area contributed by atoms with Crippen molar-refractivity contribution in [3.8, 4) is 17.0 Å². The van der Waals surface area contributed by atoms with Crippen LogP contribution in [0.4, 0.5) is 0 Å². The van der Waals surface area contributed by atoms with Gasteiger partial charge in [0.25, 0.3) is 5.91 Å². The summed E-state index contributed by atoms with van der Waals surface area (Å²) in [6, 6.07) is 27.2. The van der Waals surface area contributed by atoms with Crippen LogP contribution >= 0.6 is 11.3 Å². The Kier molecular flexibility index (Phi) is 7.16. The maximum atomic E-state index is 13.0. The number of benzene rings is 3. The Morgan fingerprint density at radius 2 is 1.85 bits per heavy atom. The molecule has 6 rings (SSSR count). The zero-order valence-corrected chi connectivity index (χ0v) is 21.9. The van der Waals surface area contributed by atoms with Crippen molar-refractivity contribution in [1.29, 1.82) is 0 Å². The summed E-state index contributed by atoms with van der Waals surface area (Å²) in [5.41, 5.74) is 4.45. The third kappa shape index (κ3) is 5.59. The molecule has 2 atom stereocenters. The maximum absolute atomic E-state index is 13.0. The van der Waals surface area contributed by atoms with Gasteiger partial charge in [0.1, 0.15) is 29.9 Å². The smallest absolute Gasteiger partial charge is 0.322 e. The van der Waals surface area contributed by atoms with Gasteiger partial charge in [-0.25, -0.2) is 10.1 Å². The van der Waals surface area contributed by atoms with Crippen molar-refractivity contribution in [1.82, 2.24) is 20.5 Å². The fraction of sp³-hybridized carbons (Fsp3) is 0.200. The molecule has 9 heteroatoms. The minimum absolute atomic E-state index is 0.106. The van der Waals surface area contributed by atoms with Crippen molar-refractivity contribution >= 4 is 28.1 Å². The number of aromatic nitrogens is 3. The summed E-state index contributed by atoms with van der Waals surface area (Å²) < 4.78 is 10.6. The van der Waals surface area contributed by atoms with Gasteiger partial charge in [0.2, 0.25) is 0 Å². The second-order valence-electron chi connectivity index (χ2n) is 9.42. The topological polar surface area (TPSA) is 110 Å². The van der Waals surface area contributed by atoms with E-state index in [1.165, 1.54) is 0 Å². The Labute approximate surface area is 228 Å². The number of para-hydroxylation sites is 1. The lowest BCUT2D eigenvalue weighted by Crippen LogP contribution is -2.45. The fourth-order valence-electron chi connectivity index (χ4n) is 4.85. The van der Waals surface area contributed by atoms with E-state index in [0.717, 1.165) is 39.1 Å². The second kappa shape index (κ2) is 11.2. The van der Waals surface area contributed by atoms with Crippen LogP contribution in [-0.2, 0) is 6.61 Å². The first kappa shape index (κ1) is 25.0. The van der Waals surface area contributed by atoms with Crippen LogP contribution in [-0.4, -0.2) is 45.1 Å². The van der Waals surface area contributed by atoms with Gasteiger partial charge in [0.15, 0.2) is 6.61 Å². The lowest BCUT2D eigenvalue weighted by atomic mass is 9.96. The summed E-state index contributed by atoms with van der Waals surface area (Å²) in [5, 5.41) is 11.4. The number of nitrogens with zero attached hydrogens (tertiary/aromatic N) is 2. The van der Waals surface area contributed by atoms with Crippen molar-refractivity contribution in [3.05, 3.63) is 111 Å². The molecular weight excluding hydrogens is 512 g/mol. The van der Waals surface area contributed by atoms with Gasteiger partial charge in [-0.15, -0.1) is 0 Å². The number of ether oxygens (including phenoxy) is 2. The van der Waals surface area contributed by atoms with Crippen molar-refractivity contribution < 1.29 is 14.3 Å². The van der Waals surface area contributed by atoms with Crippen LogP contribution in [0.3, 0.4) is 0 Å². The summed E-state index contributed by atoms with van der Waals surface area (Å²) >= 11 is 1.07. The van der Waals surface area contributed by atoms with Crippen LogP contribution in [0.2, 0.25) is 0 Å². The normalized spacial score (nSPS) is 17.1. The number of pyridine rings is 1. The van der Waals surface area contributed by atoms with Gasteiger partial charge < -0.3 is 14.8 Å². The molecule has 3 aromatic carbocycles. The number of hydrogen-bond donors (Lipinski definition) is 2. The van der Waals surface area contributed by atoms with Crippen molar-refractivity contribution in [3.63, 3.8) is 0 Å². The number of aromatic amines is 1. The molecule has 0 aliphatic carbocycles. The lowest BCUT2D eigenvalue weighted by Gasteiger charge is -2.28. The molecule has 1 saturated heterocycles. The molecule has 3 heterocycles. The molecule has 196 valence electrons. The molecule has 2 aromatic heterocycles. The molecule has 3 N–H and O–H groups in total. The second-order valence-corrected chi connectivity index (χ2v) is 10.4. The number of H-pyrrole nitrogens is 1. The number of fused-ring (bicyclic) bond motifs is 1. The summed E-state index contributed by atoms with van der Waals surface area (Å²) in [7, 11) is 0. The first-order valence-corrected chi connectivity index (χ1v) is 13.6. The predicted molar refractivity (Wildman–Crippen MR) is 151 cm³/mol. The van der Waals surface area contributed by atoms with Crippen LogP contribution in [0.25, 0.3) is 22.2 Å². The molecule has 1 aliphatic rings. The molecule has 0 spiro atoms. The number of carbonyl (C=O) groups excluding carboxylic acids is 1. The molecule has 0 radical (unpaired) electrons. The van der Waals surface area contributed by atoms with Gasteiger partial charge in [-0.1, -0.05) is 59.9 Å². The average molecular weight is 540 g/mol. The zero-order valence-electron chi connectivity index (χ0n) is 21.0. The molecule has 0 bridgehead atoms. The maximum Gasteiger partial charge on any atom is 0.322 e. The van der Waals surface area contributed by atoms with E-state index in [4.69, 9.17) is 9.72 Å². The lowest BCUT2D eigenvalue weighted by molar-refractivity contribution is -0.0818. The number of carbonyl (C=O) groups is 1. The number of aliphatic hydroxyl groups is 2. The van der Waals surface area contributed by atoms with E-state index in [1.807, 2.05) is 60.7 Å². The third-order valence-electron chi connectivity index (χ3n) is 6.88. The molecule has 5 aromatic rings. The van der Waals surface area contributed by atoms with Gasteiger partial charge in [-0.3, -0.25) is 9.59 Å². The van der Waals surface area contributed by atoms with Gasteiger partial charge in [-0.05, 0) is 36.4 Å².